The van der Waals surface area contributed by atoms with E-state index < -0.39 is 11.9 Å². The van der Waals surface area contributed by atoms with Gasteiger partial charge in [-0.25, -0.2) is 0 Å². The predicted octanol–water partition coefficient (Wildman–Crippen LogP) is 1.98. The van der Waals surface area contributed by atoms with Gasteiger partial charge < -0.3 is 19.0 Å². The van der Waals surface area contributed by atoms with Gasteiger partial charge in [0, 0.05) is 36.4 Å². The number of ether oxygens (including phenoxy) is 2. The number of esters is 1. The monoisotopic (exact) mass is 366 g/mol. The van der Waals surface area contributed by atoms with Gasteiger partial charge in [0.1, 0.15) is 11.5 Å². The number of methoxy groups -OCH3 is 1. The number of pyridine rings is 2. The summed E-state index contributed by atoms with van der Waals surface area (Å²) in [5.74, 6) is -0.266. The Kier molecular flexibility index (Phi) is 3.87. The molecule has 1 aliphatic rings. The van der Waals surface area contributed by atoms with Crippen LogP contribution in [-0.4, -0.2) is 22.6 Å². The molecule has 1 atom stereocenters. The summed E-state index contributed by atoms with van der Waals surface area (Å²) in [5, 5.41) is 0.787. The van der Waals surface area contributed by atoms with Gasteiger partial charge in [-0.3, -0.25) is 14.4 Å². The number of aryl methyl sites for hydroxylation is 1. The number of carbonyl (C=O) groups is 1. The van der Waals surface area contributed by atoms with Crippen LogP contribution in [0.4, 0.5) is 0 Å². The SMILES string of the molecule is COc1ccc2cc(C3CC(=O)Oc4cc(C)n(C)c(=O)c43)c(=O)[nH]c2c1. The number of aromatic nitrogens is 2. The van der Waals surface area contributed by atoms with Gasteiger partial charge >= 0.3 is 5.97 Å². The van der Waals surface area contributed by atoms with Gasteiger partial charge in [0.2, 0.25) is 0 Å². The summed E-state index contributed by atoms with van der Waals surface area (Å²) in [6, 6.07) is 8.71. The molecule has 0 amide bonds. The number of nitrogens with zero attached hydrogens (tertiary/aromatic N) is 1. The molecule has 27 heavy (non-hydrogen) atoms. The molecular formula is C20H18N2O5. The van der Waals surface area contributed by atoms with E-state index in [0.717, 1.165) is 5.39 Å². The average Bonchev–Trinajstić information content (AvgIpc) is 2.64. The van der Waals surface area contributed by atoms with Crippen molar-refractivity contribution < 1.29 is 14.3 Å². The molecule has 0 fully saturated rings. The minimum Gasteiger partial charge on any atom is -0.497 e. The number of hydrogen-bond acceptors (Lipinski definition) is 5. The maximum atomic E-state index is 12.8. The topological polar surface area (TPSA) is 90.4 Å². The molecule has 0 aliphatic carbocycles. The molecule has 138 valence electrons. The van der Waals surface area contributed by atoms with E-state index in [2.05, 4.69) is 4.98 Å². The minimum absolute atomic E-state index is 0.0595. The van der Waals surface area contributed by atoms with E-state index in [1.807, 2.05) is 6.07 Å². The van der Waals surface area contributed by atoms with Crippen molar-refractivity contribution in [2.75, 3.05) is 7.11 Å². The quantitative estimate of drug-likeness (QED) is 0.701. The van der Waals surface area contributed by atoms with Crippen LogP contribution in [0.25, 0.3) is 10.9 Å². The number of fused-ring (bicyclic) bond motifs is 2. The standard InChI is InChI=1S/C20H18N2O5/c1-10-6-16-18(20(25)22(10)2)13(9-17(23)27-16)14-7-11-4-5-12(26-3)8-15(11)21-19(14)24/h4-8,13H,9H2,1-3H3,(H,21,24). The van der Waals surface area contributed by atoms with Gasteiger partial charge in [-0.1, -0.05) is 0 Å². The van der Waals surface area contributed by atoms with Gasteiger partial charge in [0.25, 0.3) is 11.1 Å². The maximum absolute atomic E-state index is 12.8. The van der Waals surface area contributed by atoms with Crippen molar-refractivity contribution in [1.82, 2.24) is 9.55 Å². The maximum Gasteiger partial charge on any atom is 0.312 e. The van der Waals surface area contributed by atoms with E-state index in [9.17, 15) is 14.4 Å². The molecule has 1 aromatic carbocycles. The molecule has 4 rings (SSSR count). The zero-order valence-corrected chi connectivity index (χ0v) is 15.2. The second kappa shape index (κ2) is 6.12. The molecule has 0 saturated carbocycles. The van der Waals surface area contributed by atoms with Crippen LogP contribution in [0.3, 0.4) is 0 Å². The lowest BCUT2D eigenvalue weighted by atomic mass is 9.87. The first-order valence-electron chi connectivity index (χ1n) is 8.51. The van der Waals surface area contributed by atoms with Gasteiger partial charge in [-0.05, 0) is 30.5 Å². The third-order valence-electron chi connectivity index (χ3n) is 5.07. The van der Waals surface area contributed by atoms with Crippen LogP contribution >= 0.6 is 0 Å². The van der Waals surface area contributed by atoms with E-state index in [-0.39, 0.29) is 23.3 Å². The number of aromatic amines is 1. The lowest BCUT2D eigenvalue weighted by Gasteiger charge is -2.25. The molecule has 0 bridgehead atoms. The van der Waals surface area contributed by atoms with Crippen molar-refractivity contribution in [2.24, 2.45) is 7.05 Å². The summed E-state index contributed by atoms with van der Waals surface area (Å²) in [6.45, 7) is 1.76. The molecule has 3 heterocycles. The highest BCUT2D eigenvalue weighted by Crippen LogP contribution is 2.36. The molecule has 2 aromatic heterocycles. The summed E-state index contributed by atoms with van der Waals surface area (Å²) < 4.78 is 12.0. The second-order valence-corrected chi connectivity index (χ2v) is 6.67. The van der Waals surface area contributed by atoms with Crippen LogP contribution < -0.4 is 20.6 Å². The van der Waals surface area contributed by atoms with E-state index >= 15 is 0 Å². The second-order valence-electron chi connectivity index (χ2n) is 6.67. The smallest absolute Gasteiger partial charge is 0.312 e. The molecule has 0 saturated heterocycles. The number of H-pyrrole nitrogens is 1. The van der Waals surface area contributed by atoms with Crippen molar-refractivity contribution in [3.8, 4) is 11.5 Å². The number of nitrogens with one attached hydrogen (secondary N) is 1. The summed E-state index contributed by atoms with van der Waals surface area (Å²) in [7, 11) is 3.21. The van der Waals surface area contributed by atoms with E-state index in [4.69, 9.17) is 9.47 Å². The van der Waals surface area contributed by atoms with Crippen LogP contribution in [0.2, 0.25) is 0 Å². The van der Waals surface area contributed by atoms with E-state index in [1.165, 1.54) is 4.57 Å². The number of benzene rings is 1. The fraction of sp³-hybridized carbons (Fsp3) is 0.250. The number of rotatable bonds is 2. The average molecular weight is 366 g/mol. The van der Waals surface area contributed by atoms with Crippen LogP contribution in [-0.2, 0) is 11.8 Å². The fourth-order valence-electron chi connectivity index (χ4n) is 3.50. The molecule has 3 aromatic rings. The zero-order valence-electron chi connectivity index (χ0n) is 15.2. The Morgan fingerprint density at radius 2 is 1.96 bits per heavy atom. The highest BCUT2D eigenvalue weighted by atomic mass is 16.5. The van der Waals surface area contributed by atoms with Gasteiger partial charge in [0.05, 0.1) is 24.6 Å². The molecule has 1 unspecified atom stereocenters. The molecule has 1 N–H and O–H groups in total. The summed E-state index contributed by atoms with van der Waals surface area (Å²) in [4.78, 5) is 40.5. The van der Waals surface area contributed by atoms with Crippen molar-refractivity contribution in [3.05, 3.63) is 67.9 Å². The first kappa shape index (κ1) is 17.1. The van der Waals surface area contributed by atoms with Crippen LogP contribution in [0.5, 0.6) is 11.5 Å². The highest BCUT2D eigenvalue weighted by molar-refractivity contribution is 5.82. The fourth-order valence-corrected chi connectivity index (χ4v) is 3.50. The molecule has 0 spiro atoms. The van der Waals surface area contributed by atoms with E-state index in [1.54, 1.807) is 45.3 Å². The Morgan fingerprint density at radius 1 is 1.19 bits per heavy atom. The number of hydrogen-bond donors (Lipinski definition) is 1. The molecule has 7 nitrogen and oxygen atoms in total. The molecule has 1 aliphatic heterocycles. The summed E-state index contributed by atoms with van der Waals surface area (Å²) in [5.41, 5.74) is 1.39. The van der Waals surface area contributed by atoms with Crippen molar-refractivity contribution >= 4 is 16.9 Å². The minimum atomic E-state index is -0.657. The highest BCUT2D eigenvalue weighted by Gasteiger charge is 2.33. The Balaban J connectivity index is 1.96. The Bertz CT molecular complexity index is 1210. The molecular weight excluding hydrogens is 348 g/mol. The van der Waals surface area contributed by atoms with Gasteiger partial charge in [0.15, 0.2) is 0 Å². The lowest BCUT2D eigenvalue weighted by Crippen LogP contribution is -2.34. The lowest BCUT2D eigenvalue weighted by molar-refractivity contribution is -0.135. The van der Waals surface area contributed by atoms with Crippen molar-refractivity contribution in [2.45, 2.75) is 19.3 Å². The van der Waals surface area contributed by atoms with Crippen molar-refractivity contribution in [3.63, 3.8) is 0 Å². The first-order valence-corrected chi connectivity index (χ1v) is 8.51. The van der Waals surface area contributed by atoms with Crippen molar-refractivity contribution in [1.29, 1.82) is 0 Å². The number of carbonyl (C=O) groups excluding carboxylic acids is 1. The Hall–Kier alpha value is -3.35. The third-order valence-corrected chi connectivity index (χ3v) is 5.07. The normalized spacial score (nSPS) is 16.1. The van der Waals surface area contributed by atoms with Crippen LogP contribution in [0.15, 0.2) is 39.9 Å². The van der Waals surface area contributed by atoms with Crippen LogP contribution in [0, 0.1) is 6.92 Å². The van der Waals surface area contributed by atoms with E-state index in [0.29, 0.717) is 28.1 Å². The van der Waals surface area contributed by atoms with Crippen LogP contribution in [0.1, 0.15) is 29.2 Å². The zero-order chi connectivity index (χ0) is 19.3. The van der Waals surface area contributed by atoms with Gasteiger partial charge in [-0.15, -0.1) is 0 Å². The Morgan fingerprint density at radius 3 is 2.70 bits per heavy atom. The molecule has 7 heteroatoms. The summed E-state index contributed by atoms with van der Waals surface area (Å²) >= 11 is 0. The third kappa shape index (κ3) is 2.71. The van der Waals surface area contributed by atoms with Gasteiger partial charge in [-0.2, -0.15) is 0 Å². The largest absolute Gasteiger partial charge is 0.497 e. The Labute approximate surface area is 154 Å². The predicted molar refractivity (Wildman–Crippen MR) is 99.6 cm³/mol. The molecule has 0 radical (unpaired) electrons. The first-order chi connectivity index (χ1) is 12.9. The summed E-state index contributed by atoms with van der Waals surface area (Å²) in [6.07, 6.45) is -0.0595.